The largest absolute Gasteiger partial charge is 0.206 e. The molecule has 0 amide bonds. The summed E-state index contributed by atoms with van der Waals surface area (Å²) in [5.41, 5.74) is 0.701. The van der Waals surface area contributed by atoms with Crippen LogP contribution in [0, 0.1) is 0 Å². The Balaban J connectivity index is 2.35. The zero-order valence-electron chi connectivity index (χ0n) is 8.07. The van der Waals surface area contributed by atoms with E-state index >= 15 is 0 Å². The van der Waals surface area contributed by atoms with E-state index in [9.17, 15) is 0 Å². The molecule has 1 heterocycles. The summed E-state index contributed by atoms with van der Waals surface area (Å²) in [6.07, 6.45) is 0. The first-order chi connectivity index (χ1) is 7.70. The summed E-state index contributed by atoms with van der Waals surface area (Å²) < 4.78 is 0. The zero-order chi connectivity index (χ0) is 11.5. The average molecular weight is 278 g/mol. The van der Waals surface area contributed by atoms with Gasteiger partial charge in [0.2, 0.25) is 5.82 Å². The van der Waals surface area contributed by atoms with Crippen LogP contribution < -0.4 is 0 Å². The second-order valence-corrected chi connectivity index (χ2v) is 4.24. The van der Waals surface area contributed by atoms with Crippen LogP contribution in [-0.2, 0) is 6.54 Å². The Bertz CT molecular complexity index is 497. The number of aromatic nitrogens is 4. The van der Waals surface area contributed by atoms with E-state index in [1.807, 2.05) is 0 Å². The lowest BCUT2D eigenvalue weighted by molar-refractivity contribution is 0.556. The summed E-state index contributed by atoms with van der Waals surface area (Å²) in [4.78, 5) is 1.42. The van der Waals surface area contributed by atoms with E-state index in [1.54, 1.807) is 18.2 Å². The number of halogens is 3. The molecule has 84 valence electrons. The van der Waals surface area contributed by atoms with Gasteiger partial charge in [0.25, 0.3) is 0 Å². The van der Waals surface area contributed by atoms with Crippen molar-refractivity contribution in [1.82, 2.24) is 20.2 Å². The van der Waals surface area contributed by atoms with Gasteiger partial charge < -0.3 is 0 Å². The summed E-state index contributed by atoms with van der Waals surface area (Å²) in [7, 11) is 0. The van der Waals surface area contributed by atoms with Crippen molar-refractivity contribution in [3.05, 3.63) is 28.2 Å². The van der Waals surface area contributed by atoms with Gasteiger partial charge in [-0.2, -0.15) is 4.80 Å². The monoisotopic (exact) mass is 276 g/mol. The Hall–Kier alpha value is -0.840. The van der Waals surface area contributed by atoms with Crippen molar-refractivity contribution in [3.63, 3.8) is 0 Å². The second-order valence-electron chi connectivity index (χ2n) is 3.02. The standard InChI is InChI=1S/C9H7Cl3N4/c10-3-4-16-14-9(13-15-16)7-2-1-6(11)5-8(7)12/h1-2,5H,3-4H2. The van der Waals surface area contributed by atoms with Crippen molar-refractivity contribution in [2.75, 3.05) is 5.88 Å². The third-order valence-corrected chi connectivity index (χ3v) is 2.63. The summed E-state index contributed by atoms with van der Waals surface area (Å²) >= 11 is 17.4. The minimum absolute atomic E-state index is 0.435. The lowest BCUT2D eigenvalue weighted by Crippen LogP contribution is -2.03. The Morgan fingerprint density at radius 3 is 2.75 bits per heavy atom. The first-order valence-corrected chi connectivity index (χ1v) is 5.79. The van der Waals surface area contributed by atoms with Gasteiger partial charge >= 0.3 is 0 Å². The predicted molar refractivity (Wildman–Crippen MR) is 64.0 cm³/mol. The molecule has 0 radical (unpaired) electrons. The molecule has 0 aliphatic carbocycles. The Morgan fingerprint density at radius 2 is 2.06 bits per heavy atom. The fraction of sp³-hybridized carbons (Fsp3) is 0.222. The van der Waals surface area contributed by atoms with Crippen LogP contribution >= 0.6 is 34.8 Å². The van der Waals surface area contributed by atoms with Crippen LogP contribution in [0.2, 0.25) is 10.0 Å². The number of hydrogen-bond acceptors (Lipinski definition) is 3. The van der Waals surface area contributed by atoms with Gasteiger partial charge in [0.15, 0.2) is 0 Å². The van der Waals surface area contributed by atoms with Crippen LogP contribution in [0.15, 0.2) is 18.2 Å². The van der Waals surface area contributed by atoms with Gasteiger partial charge in [-0.05, 0) is 23.4 Å². The molecule has 0 fully saturated rings. The summed E-state index contributed by atoms with van der Waals surface area (Å²) in [6.45, 7) is 0.514. The van der Waals surface area contributed by atoms with E-state index in [0.717, 1.165) is 0 Å². The SMILES string of the molecule is ClCCn1nnc(-c2ccc(Cl)cc2Cl)n1. The van der Waals surface area contributed by atoms with Crippen molar-refractivity contribution in [2.24, 2.45) is 0 Å². The van der Waals surface area contributed by atoms with Crippen LogP contribution in [0.1, 0.15) is 0 Å². The predicted octanol–water partition coefficient (Wildman–Crippen LogP) is 2.89. The van der Waals surface area contributed by atoms with Crippen LogP contribution in [0.4, 0.5) is 0 Å². The summed E-state index contributed by atoms with van der Waals surface area (Å²) in [6, 6.07) is 5.12. The Labute approximate surface area is 107 Å². The van der Waals surface area contributed by atoms with Crippen LogP contribution in [0.5, 0.6) is 0 Å². The molecule has 2 aromatic rings. The highest BCUT2D eigenvalue weighted by Crippen LogP contribution is 2.27. The van der Waals surface area contributed by atoms with Crippen molar-refractivity contribution in [3.8, 4) is 11.4 Å². The molecule has 0 aliphatic rings. The molecular weight excluding hydrogens is 270 g/mol. The maximum atomic E-state index is 6.02. The van der Waals surface area contributed by atoms with Crippen molar-refractivity contribution >= 4 is 34.8 Å². The molecule has 1 aromatic carbocycles. The molecule has 4 nitrogen and oxygen atoms in total. The molecule has 0 aliphatic heterocycles. The molecule has 0 saturated heterocycles. The van der Waals surface area contributed by atoms with Gasteiger partial charge in [0.05, 0.1) is 11.6 Å². The first-order valence-electron chi connectivity index (χ1n) is 4.50. The van der Waals surface area contributed by atoms with E-state index in [1.165, 1.54) is 4.80 Å². The number of aryl methyl sites for hydroxylation is 1. The number of tetrazole rings is 1. The number of nitrogens with zero attached hydrogens (tertiary/aromatic N) is 4. The number of benzene rings is 1. The Kier molecular flexibility index (Phi) is 3.63. The molecule has 0 N–H and O–H groups in total. The van der Waals surface area contributed by atoms with Crippen molar-refractivity contribution in [1.29, 1.82) is 0 Å². The lowest BCUT2D eigenvalue weighted by Gasteiger charge is -1.98. The highest BCUT2D eigenvalue weighted by molar-refractivity contribution is 6.36. The molecule has 0 bridgehead atoms. The molecule has 7 heteroatoms. The highest BCUT2D eigenvalue weighted by atomic mass is 35.5. The van der Waals surface area contributed by atoms with Gasteiger partial charge in [-0.15, -0.1) is 21.8 Å². The van der Waals surface area contributed by atoms with E-state index in [-0.39, 0.29) is 0 Å². The Morgan fingerprint density at radius 1 is 1.25 bits per heavy atom. The molecular formula is C9H7Cl3N4. The summed E-state index contributed by atoms with van der Waals surface area (Å²) in [5, 5.41) is 12.9. The fourth-order valence-electron chi connectivity index (χ4n) is 1.19. The highest BCUT2D eigenvalue weighted by Gasteiger charge is 2.09. The molecule has 0 saturated carbocycles. The van der Waals surface area contributed by atoms with Gasteiger partial charge in [-0.1, -0.05) is 23.2 Å². The van der Waals surface area contributed by atoms with Gasteiger partial charge in [0.1, 0.15) is 0 Å². The first kappa shape index (κ1) is 11.6. The van der Waals surface area contributed by atoms with Crippen LogP contribution in [0.25, 0.3) is 11.4 Å². The number of alkyl halides is 1. The van der Waals surface area contributed by atoms with Crippen molar-refractivity contribution < 1.29 is 0 Å². The number of hydrogen-bond donors (Lipinski definition) is 0. The molecule has 16 heavy (non-hydrogen) atoms. The van der Waals surface area contributed by atoms with E-state index in [2.05, 4.69) is 15.4 Å². The third kappa shape index (κ3) is 2.45. The zero-order valence-corrected chi connectivity index (χ0v) is 10.3. The minimum Gasteiger partial charge on any atom is -0.163 e. The van der Waals surface area contributed by atoms with E-state index in [4.69, 9.17) is 34.8 Å². The maximum Gasteiger partial charge on any atom is 0.206 e. The molecule has 0 unspecified atom stereocenters. The summed E-state index contributed by atoms with van der Waals surface area (Å²) in [5.74, 6) is 0.899. The molecule has 0 spiro atoms. The second kappa shape index (κ2) is 4.99. The molecule has 2 rings (SSSR count). The van der Waals surface area contributed by atoms with Crippen LogP contribution in [-0.4, -0.2) is 26.1 Å². The third-order valence-electron chi connectivity index (χ3n) is 1.91. The average Bonchev–Trinajstić information content (AvgIpc) is 2.67. The molecule has 0 atom stereocenters. The fourth-order valence-corrected chi connectivity index (χ4v) is 1.84. The maximum absolute atomic E-state index is 6.02. The van der Waals surface area contributed by atoms with E-state index < -0.39 is 0 Å². The van der Waals surface area contributed by atoms with Gasteiger partial charge in [-0.25, -0.2) is 0 Å². The van der Waals surface area contributed by atoms with E-state index in [0.29, 0.717) is 33.9 Å². The molecule has 1 aromatic heterocycles. The lowest BCUT2D eigenvalue weighted by atomic mass is 10.2. The smallest absolute Gasteiger partial charge is 0.163 e. The van der Waals surface area contributed by atoms with Crippen LogP contribution in [0.3, 0.4) is 0 Å². The minimum atomic E-state index is 0.435. The number of rotatable bonds is 3. The quantitative estimate of drug-likeness (QED) is 0.810. The topological polar surface area (TPSA) is 43.6 Å². The van der Waals surface area contributed by atoms with Gasteiger partial charge in [-0.3, -0.25) is 0 Å². The van der Waals surface area contributed by atoms with Crippen molar-refractivity contribution in [2.45, 2.75) is 6.54 Å². The van der Waals surface area contributed by atoms with Gasteiger partial charge in [0, 0.05) is 16.5 Å². The normalized spacial score (nSPS) is 10.7.